The SMILES string of the molecule is Cc1cc2c(-c3ccccc3)cccc2[cH-]1.Cc1cc2c(C(C)C)cc(C(C)C)cc2[cH-]1.[Cl-].[Cl-].[Zr+4]. The molecule has 0 aliphatic carbocycles. The molecule has 0 fully saturated rings. The minimum atomic E-state index is 0. The van der Waals surface area contributed by atoms with Crippen molar-refractivity contribution < 1.29 is 51.0 Å². The van der Waals surface area contributed by atoms with Crippen molar-refractivity contribution in [3.8, 4) is 11.1 Å². The molecule has 5 rings (SSSR count). The van der Waals surface area contributed by atoms with Crippen molar-refractivity contribution in [1.82, 2.24) is 0 Å². The third-order valence-corrected chi connectivity index (χ3v) is 6.29. The first-order valence-corrected chi connectivity index (χ1v) is 11.8. The second-order valence-electron chi connectivity index (χ2n) is 9.66. The van der Waals surface area contributed by atoms with Crippen LogP contribution < -0.4 is 24.8 Å². The van der Waals surface area contributed by atoms with Crippen molar-refractivity contribution in [3.63, 3.8) is 0 Å². The van der Waals surface area contributed by atoms with Crippen LogP contribution in [0.5, 0.6) is 0 Å². The molecule has 0 heterocycles. The molecule has 0 atom stereocenters. The average Bonchev–Trinajstić information content (AvgIpc) is 3.34. The molecule has 5 aromatic carbocycles. The first-order valence-electron chi connectivity index (χ1n) is 11.8. The number of benzene rings is 3. The normalized spacial score (nSPS) is 10.4. The fraction of sp³-hybridized carbons (Fsp3) is 0.250. The Hall–Kier alpha value is -1.66. The van der Waals surface area contributed by atoms with E-state index in [1.165, 1.54) is 54.9 Å². The van der Waals surface area contributed by atoms with Crippen LogP contribution in [0.1, 0.15) is 61.8 Å². The summed E-state index contributed by atoms with van der Waals surface area (Å²) < 4.78 is 0. The van der Waals surface area contributed by atoms with E-state index in [1.54, 1.807) is 0 Å². The maximum Gasteiger partial charge on any atom is 4.00 e. The molecular weight excluding hydrogens is 546 g/mol. The molecule has 0 nitrogen and oxygen atoms in total. The number of hydrogen-bond donors (Lipinski definition) is 0. The summed E-state index contributed by atoms with van der Waals surface area (Å²) in [6.45, 7) is 13.4. The van der Waals surface area contributed by atoms with Crippen LogP contribution in [-0.4, -0.2) is 0 Å². The quantitative estimate of drug-likeness (QED) is 0.286. The molecule has 0 aliphatic rings. The molecule has 3 heteroatoms. The Bertz CT molecular complexity index is 1340. The van der Waals surface area contributed by atoms with Gasteiger partial charge in [-0.2, -0.15) is 12.1 Å². The van der Waals surface area contributed by atoms with Gasteiger partial charge in [0.2, 0.25) is 0 Å². The second-order valence-corrected chi connectivity index (χ2v) is 9.66. The van der Waals surface area contributed by atoms with E-state index in [0.717, 1.165) is 0 Å². The second kappa shape index (κ2) is 13.6. The van der Waals surface area contributed by atoms with Crippen LogP contribution >= 0.6 is 0 Å². The smallest absolute Gasteiger partial charge is 1.00 e. The van der Waals surface area contributed by atoms with Crippen molar-refractivity contribution in [2.45, 2.75) is 53.4 Å². The Balaban J connectivity index is 0.000000322. The maximum absolute atomic E-state index is 2.39. The summed E-state index contributed by atoms with van der Waals surface area (Å²) in [5.74, 6) is 1.21. The largest absolute Gasteiger partial charge is 4.00 e. The predicted molar refractivity (Wildman–Crippen MR) is 142 cm³/mol. The molecule has 180 valence electrons. The van der Waals surface area contributed by atoms with Crippen LogP contribution in [0, 0.1) is 13.8 Å². The zero-order valence-electron chi connectivity index (χ0n) is 21.5. The minimum absolute atomic E-state index is 0. The standard InChI is InChI=1S/C16H13.C16H21.2ClH.Zr/c1-12-10-14-8-5-9-15(16(14)11-12)13-6-3-2-4-7-13;1-10(2)13-8-14-6-12(5)7-16(14)15(9-13)11(3)4;;;/h2-11H,1H3;6-11H,1-5H3;2*1H;/q2*-1;;;+4/p-2. The summed E-state index contributed by atoms with van der Waals surface area (Å²) in [5, 5.41) is 5.54. The van der Waals surface area contributed by atoms with Gasteiger partial charge in [0.1, 0.15) is 0 Å². The molecule has 0 amide bonds. The van der Waals surface area contributed by atoms with E-state index < -0.39 is 0 Å². The maximum atomic E-state index is 2.39. The summed E-state index contributed by atoms with van der Waals surface area (Å²) in [4.78, 5) is 0. The summed E-state index contributed by atoms with van der Waals surface area (Å²) >= 11 is 0. The minimum Gasteiger partial charge on any atom is -1.00 e. The molecule has 5 aromatic rings. The fourth-order valence-electron chi connectivity index (χ4n) is 4.59. The Morgan fingerprint density at radius 2 is 1.20 bits per heavy atom. The number of fused-ring (bicyclic) bond motifs is 2. The Morgan fingerprint density at radius 1 is 0.600 bits per heavy atom. The van der Waals surface area contributed by atoms with E-state index in [0.29, 0.717) is 11.8 Å². The Morgan fingerprint density at radius 3 is 1.80 bits per heavy atom. The Labute approximate surface area is 242 Å². The van der Waals surface area contributed by atoms with Crippen molar-refractivity contribution in [2.24, 2.45) is 0 Å². The van der Waals surface area contributed by atoms with E-state index in [1.807, 2.05) is 0 Å². The van der Waals surface area contributed by atoms with Crippen LogP contribution in [0.15, 0.2) is 84.9 Å². The number of hydrogen-bond acceptors (Lipinski definition) is 0. The van der Waals surface area contributed by atoms with E-state index in [2.05, 4.69) is 126 Å². The predicted octanol–water partition coefficient (Wildman–Crippen LogP) is 3.65. The molecule has 0 spiro atoms. The van der Waals surface area contributed by atoms with E-state index in [-0.39, 0.29) is 51.0 Å². The first-order chi connectivity index (χ1) is 15.3. The van der Waals surface area contributed by atoms with Gasteiger partial charge in [-0.05, 0) is 17.4 Å². The van der Waals surface area contributed by atoms with E-state index in [4.69, 9.17) is 0 Å². The van der Waals surface area contributed by atoms with E-state index >= 15 is 0 Å². The van der Waals surface area contributed by atoms with Gasteiger partial charge in [0.15, 0.2) is 0 Å². The van der Waals surface area contributed by atoms with Gasteiger partial charge in [-0.15, -0.1) is 63.0 Å². The van der Waals surface area contributed by atoms with Gasteiger partial charge in [0.25, 0.3) is 0 Å². The Kier molecular flexibility index (Phi) is 12.2. The van der Waals surface area contributed by atoms with Gasteiger partial charge in [-0.25, -0.2) is 0 Å². The first kappa shape index (κ1) is 31.4. The van der Waals surface area contributed by atoms with Crippen LogP contribution in [0.3, 0.4) is 0 Å². The van der Waals surface area contributed by atoms with E-state index in [9.17, 15) is 0 Å². The summed E-state index contributed by atoms with van der Waals surface area (Å²) in [5.41, 5.74) is 8.28. The number of aryl methyl sites for hydroxylation is 2. The third-order valence-electron chi connectivity index (χ3n) is 6.29. The van der Waals surface area contributed by atoms with Gasteiger partial charge in [0.05, 0.1) is 0 Å². The molecular formula is C32H34Cl2Zr. The molecule has 0 saturated carbocycles. The molecule has 0 aliphatic heterocycles. The molecule has 0 bridgehead atoms. The number of halogens is 2. The fourth-order valence-corrected chi connectivity index (χ4v) is 4.59. The van der Waals surface area contributed by atoms with Gasteiger partial charge >= 0.3 is 26.2 Å². The average molecular weight is 581 g/mol. The van der Waals surface area contributed by atoms with Gasteiger partial charge in [-0.1, -0.05) is 101 Å². The molecule has 0 saturated heterocycles. The zero-order valence-corrected chi connectivity index (χ0v) is 25.5. The molecule has 35 heavy (non-hydrogen) atoms. The van der Waals surface area contributed by atoms with Crippen molar-refractivity contribution in [2.75, 3.05) is 0 Å². The van der Waals surface area contributed by atoms with Gasteiger partial charge in [0, 0.05) is 0 Å². The summed E-state index contributed by atoms with van der Waals surface area (Å²) in [7, 11) is 0. The molecule has 0 N–H and O–H groups in total. The summed E-state index contributed by atoms with van der Waals surface area (Å²) in [6.07, 6.45) is 0. The molecule has 0 unspecified atom stereocenters. The van der Waals surface area contributed by atoms with Gasteiger partial charge < -0.3 is 24.8 Å². The van der Waals surface area contributed by atoms with Crippen LogP contribution in [-0.2, 0) is 26.2 Å². The van der Waals surface area contributed by atoms with Crippen molar-refractivity contribution in [1.29, 1.82) is 0 Å². The monoisotopic (exact) mass is 578 g/mol. The third kappa shape index (κ3) is 7.19. The van der Waals surface area contributed by atoms with Crippen LogP contribution in [0.25, 0.3) is 32.7 Å². The zero-order chi connectivity index (χ0) is 22.8. The molecule has 0 radical (unpaired) electrons. The van der Waals surface area contributed by atoms with Crippen molar-refractivity contribution >= 4 is 21.5 Å². The van der Waals surface area contributed by atoms with Crippen LogP contribution in [0.4, 0.5) is 0 Å². The van der Waals surface area contributed by atoms with Crippen molar-refractivity contribution in [3.05, 3.63) is 107 Å². The molecule has 0 aromatic heterocycles. The number of rotatable bonds is 3. The van der Waals surface area contributed by atoms with Crippen LogP contribution in [0.2, 0.25) is 0 Å². The van der Waals surface area contributed by atoms with Gasteiger partial charge in [-0.3, -0.25) is 0 Å². The summed E-state index contributed by atoms with van der Waals surface area (Å²) in [6, 6.07) is 30.9. The topological polar surface area (TPSA) is 0 Å².